The summed E-state index contributed by atoms with van der Waals surface area (Å²) < 4.78 is 19.3. The van der Waals surface area contributed by atoms with E-state index in [1.54, 1.807) is 17.0 Å². The number of fused-ring (bicyclic) bond motifs is 1. The average molecular weight is 565 g/mol. The van der Waals surface area contributed by atoms with E-state index < -0.39 is 6.17 Å². The monoisotopic (exact) mass is 564 g/mol. The molecule has 1 unspecified atom stereocenters. The van der Waals surface area contributed by atoms with E-state index >= 15 is 0 Å². The predicted octanol–water partition coefficient (Wildman–Crippen LogP) is 5.95. The zero-order valence-corrected chi connectivity index (χ0v) is 23.5. The van der Waals surface area contributed by atoms with E-state index in [1.165, 1.54) is 12.1 Å². The number of rotatable bonds is 8. The fraction of sp³-hybridized carbons (Fsp3) is 0.235. The van der Waals surface area contributed by atoms with Crippen LogP contribution < -0.4 is 15.0 Å². The smallest absolute Gasteiger partial charge is 0.256 e. The molecule has 7 nitrogen and oxygen atoms in total. The Kier molecular flexibility index (Phi) is 7.77. The van der Waals surface area contributed by atoms with E-state index in [4.69, 9.17) is 4.74 Å². The van der Waals surface area contributed by atoms with Crippen LogP contribution in [0.1, 0.15) is 44.9 Å². The summed E-state index contributed by atoms with van der Waals surface area (Å²) in [6.07, 6.45) is -0.432. The zero-order chi connectivity index (χ0) is 29.1. The molecule has 214 valence electrons. The van der Waals surface area contributed by atoms with Crippen molar-refractivity contribution in [1.82, 2.24) is 9.80 Å². The van der Waals surface area contributed by atoms with Crippen LogP contribution in [0.15, 0.2) is 97.1 Å². The topological polar surface area (TPSA) is 65.1 Å². The molecule has 6 rings (SSSR count). The summed E-state index contributed by atoms with van der Waals surface area (Å²) in [5.74, 6) is 0.424. The van der Waals surface area contributed by atoms with Crippen molar-refractivity contribution in [3.63, 3.8) is 0 Å². The summed E-state index contributed by atoms with van der Waals surface area (Å²) in [5.41, 5.74) is 4.71. The van der Waals surface area contributed by atoms with Crippen LogP contribution in [0.2, 0.25) is 0 Å². The Morgan fingerprint density at radius 2 is 1.64 bits per heavy atom. The van der Waals surface area contributed by atoms with Gasteiger partial charge in [-0.25, -0.2) is 4.39 Å². The SMILES string of the molecule is CCOc1ccccc1N1CCN(C(=O)c2cccc(NC3c4ccccc4C(=O)N3Cc3ccc(F)cc3)c2)CC1. The van der Waals surface area contributed by atoms with Gasteiger partial charge in [0.15, 0.2) is 0 Å². The van der Waals surface area contributed by atoms with E-state index in [1.807, 2.05) is 78.6 Å². The largest absolute Gasteiger partial charge is 0.492 e. The second-order valence-electron chi connectivity index (χ2n) is 10.5. The number of hydrogen-bond donors (Lipinski definition) is 1. The Morgan fingerprint density at radius 1 is 0.905 bits per heavy atom. The molecule has 0 radical (unpaired) electrons. The molecule has 4 aromatic carbocycles. The molecule has 1 fully saturated rings. The Labute approximate surface area is 245 Å². The first-order valence-corrected chi connectivity index (χ1v) is 14.3. The van der Waals surface area contributed by atoms with Gasteiger partial charge in [-0.3, -0.25) is 9.59 Å². The van der Waals surface area contributed by atoms with Gasteiger partial charge in [0.2, 0.25) is 0 Å². The quantitative estimate of drug-likeness (QED) is 0.286. The van der Waals surface area contributed by atoms with Gasteiger partial charge in [0.05, 0.1) is 12.3 Å². The van der Waals surface area contributed by atoms with E-state index in [-0.39, 0.29) is 17.6 Å². The fourth-order valence-electron chi connectivity index (χ4n) is 5.70. The number of ether oxygens (including phenoxy) is 1. The first-order valence-electron chi connectivity index (χ1n) is 14.3. The maximum Gasteiger partial charge on any atom is 0.256 e. The number of carbonyl (C=O) groups is 2. The standard InChI is InChI=1S/C34H33FN4O3/c1-2-42-31-13-6-5-12-30(31)37-18-20-38(21-19-37)33(40)25-8-7-9-27(22-25)36-32-28-10-3-4-11-29(28)34(41)39(32)23-24-14-16-26(35)17-15-24/h3-17,22,32,36H,2,18-21,23H2,1H3. The summed E-state index contributed by atoms with van der Waals surface area (Å²) in [6.45, 7) is 5.54. The highest BCUT2D eigenvalue weighted by Gasteiger charge is 2.36. The van der Waals surface area contributed by atoms with Crippen LogP contribution >= 0.6 is 0 Å². The van der Waals surface area contributed by atoms with Crippen LogP contribution in [-0.4, -0.2) is 54.4 Å². The second-order valence-corrected chi connectivity index (χ2v) is 10.5. The third-order valence-corrected chi connectivity index (χ3v) is 7.81. The van der Waals surface area contributed by atoms with Crippen LogP contribution in [0.3, 0.4) is 0 Å². The minimum absolute atomic E-state index is 0.0255. The van der Waals surface area contributed by atoms with Crippen molar-refractivity contribution >= 4 is 23.2 Å². The average Bonchev–Trinajstić information content (AvgIpc) is 3.28. The van der Waals surface area contributed by atoms with Crippen LogP contribution in [0.5, 0.6) is 5.75 Å². The molecule has 1 saturated heterocycles. The molecule has 2 heterocycles. The highest BCUT2D eigenvalue weighted by molar-refractivity contribution is 5.99. The first-order chi connectivity index (χ1) is 20.5. The Hall–Kier alpha value is -4.85. The molecule has 2 aliphatic heterocycles. The van der Waals surface area contributed by atoms with Crippen LogP contribution in [0, 0.1) is 5.82 Å². The molecule has 0 spiro atoms. The predicted molar refractivity (Wildman–Crippen MR) is 161 cm³/mol. The number of amides is 2. The van der Waals surface area contributed by atoms with Crippen LogP contribution in [0.4, 0.5) is 15.8 Å². The molecule has 2 aliphatic rings. The lowest BCUT2D eigenvalue weighted by molar-refractivity contribution is 0.0724. The lowest BCUT2D eigenvalue weighted by Crippen LogP contribution is -2.48. The number of hydrogen-bond acceptors (Lipinski definition) is 5. The van der Waals surface area contributed by atoms with Gasteiger partial charge in [-0.05, 0) is 61.0 Å². The van der Waals surface area contributed by atoms with Gasteiger partial charge < -0.3 is 24.8 Å². The minimum Gasteiger partial charge on any atom is -0.492 e. The van der Waals surface area contributed by atoms with Crippen molar-refractivity contribution in [2.45, 2.75) is 19.6 Å². The fourth-order valence-corrected chi connectivity index (χ4v) is 5.70. The number of nitrogens with one attached hydrogen (secondary N) is 1. The molecule has 0 aromatic heterocycles. The summed E-state index contributed by atoms with van der Waals surface area (Å²) in [7, 11) is 0. The number of halogens is 1. The maximum absolute atomic E-state index is 13.5. The number of benzene rings is 4. The molecule has 0 bridgehead atoms. The van der Waals surface area contributed by atoms with E-state index in [9.17, 15) is 14.0 Å². The second kappa shape index (κ2) is 11.9. The van der Waals surface area contributed by atoms with Crippen molar-refractivity contribution in [1.29, 1.82) is 0 Å². The van der Waals surface area contributed by atoms with Gasteiger partial charge in [-0.15, -0.1) is 0 Å². The summed E-state index contributed by atoms with van der Waals surface area (Å²) in [4.78, 5) is 32.8. The number of carbonyl (C=O) groups excluding carboxylic acids is 2. The van der Waals surface area contributed by atoms with Gasteiger partial charge in [-0.1, -0.05) is 48.5 Å². The van der Waals surface area contributed by atoms with Crippen molar-refractivity contribution in [2.24, 2.45) is 0 Å². The van der Waals surface area contributed by atoms with Gasteiger partial charge >= 0.3 is 0 Å². The Bertz CT molecular complexity index is 1580. The van der Waals surface area contributed by atoms with Crippen molar-refractivity contribution < 1.29 is 18.7 Å². The molecule has 0 saturated carbocycles. The van der Waals surface area contributed by atoms with E-state index in [2.05, 4.69) is 16.3 Å². The van der Waals surface area contributed by atoms with Crippen molar-refractivity contribution in [3.05, 3.63) is 125 Å². The highest BCUT2D eigenvalue weighted by Crippen LogP contribution is 2.36. The normalized spacial score (nSPS) is 16.4. The van der Waals surface area contributed by atoms with Gasteiger partial charge in [-0.2, -0.15) is 0 Å². The minimum atomic E-state index is -0.432. The molecule has 0 aliphatic carbocycles. The molecule has 42 heavy (non-hydrogen) atoms. The van der Waals surface area contributed by atoms with E-state index in [0.717, 1.165) is 28.3 Å². The molecular formula is C34H33FN4O3. The van der Waals surface area contributed by atoms with Crippen molar-refractivity contribution in [3.8, 4) is 5.75 Å². The Balaban J connectivity index is 1.17. The van der Waals surface area contributed by atoms with Gasteiger partial charge in [0.25, 0.3) is 11.8 Å². The third-order valence-electron chi connectivity index (χ3n) is 7.81. The molecule has 1 atom stereocenters. The van der Waals surface area contributed by atoms with Gasteiger partial charge in [0, 0.05) is 55.1 Å². The Morgan fingerprint density at radius 3 is 2.43 bits per heavy atom. The number of piperazine rings is 1. The zero-order valence-electron chi connectivity index (χ0n) is 23.5. The summed E-state index contributed by atoms with van der Waals surface area (Å²) in [6, 6.07) is 29.2. The molecule has 8 heteroatoms. The summed E-state index contributed by atoms with van der Waals surface area (Å²) >= 11 is 0. The summed E-state index contributed by atoms with van der Waals surface area (Å²) in [5, 5.41) is 3.49. The molecule has 4 aromatic rings. The third kappa shape index (κ3) is 5.52. The number of nitrogens with zero attached hydrogens (tertiary/aromatic N) is 3. The van der Waals surface area contributed by atoms with E-state index in [0.29, 0.717) is 50.5 Å². The van der Waals surface area contributed by atoms with Gasteiger partial charge in [0.1, 0.15) is 17.7 Å². The lowest BCUT2D eigenvalue weighted by Gasteiger charge is -2.36. The first kappa shape index (κ1) is 27.3. The molecule has 1 N–H and O–H groups in total. The molecule has 2 amide bonds. The molecular weight excluding hydrogens is 531 g/mol. The maximum atomic E-state index is 13.5. The lowest BCUT2D eigenvalue weighted by atomic mass is 10.1. The van der Waals surface area contributed by atoms with Crippen LogP contribution in [0.25, 0.3) is 0 Å². The number of anilines is 2. The highest BCUT2D eigenvalue weighted by atomic mass is 19.1. The van der Waals surface area contributed by atoms with Crippen LogP contribution in [-0.2, 0) is 6.54 Å². The van der Waals surface area contributed by atoms with Crippen molar-refractivity contribution in [2.75, 3.05) is 43.0 Å². The number of para-hydroxylation sites is 2.